The van der Waals surface area contributed by atoms with Gasteiger partial charge in [-0.15, -0.1) is 0 Å². The maximum atomic E-state index is 13.5. The number of carbonyl (C=O) groups excluding carboxylic acids is 1. The summed E-state index contributed by atoms with van der Waals surface area (Å²) in [6, 6.07) is 1.91. The molecule has 0 saturated heterocycles. The number of pyridine rings is 1. The molecule has 5 heteroatoms. The first kappa shape index (κ1) is 20.8. The molecule has 2 aromatic rings. The highest BCUT2D eigenvalue weighted by atomic mass is 16.3. The standard InChI is InChI=1S/C27H37N3O2/c1-26(32)10-7-19-17(13-26)3-4-21-20(19)8-11-27(2)22(21)5-6-23(27)25(31)16-30-15-18-14-28-12-9-24(18)29-30/h9,12,14-15,17,19-23,32H,3-8,10-11,13,16H2,1-2H3/t17?,19-,20+,21+,22-,23+,26+,27-/m0/s1. The van der Waals surface area contributed by atoms with Crippen LogP contribution in [0.15, 0.2) is 24.7 Å². The number of carbonyl (C=O) groups is 1. The van der Waals surface area contributed by atoms with Crippen molar-refractivity contribution in [1.82, 2.24) is 14.8 Å². The highest BCUT2D eigenvalue weighted by Crippen LogP contribution is 2.64. The van der Waals surface area contributed by atoms with Gasteiger partial charge in [0.1, 0.15) is 0 Å². The highest BCUT2D eigenvalue weighted by molar-refractivity contribution is 5.83. The van der Waals surface area contributed by atoms with Crippen LogP contribution >= 0.6 is 0 Å². The van der Waals surface area contributed by atoms with Gasteiger partial charge in [-0.3, -0.25) is 14.5 Å². The largest absolute Gasteiger partial charge is 0.390 e. The molecule has 4 saturated carbocycles. The summed E-state index contributed by atoms with van der Waals surface area (Å²) in [5, 5.41) is 16.2. The van der Waals surface area contributed by atoms with Gasteiger partial charge >= 0.3 is 0 Å². The second-order valence-electron chi connectivity index (χ2n) is 12.1. The fourth-order valence-electron chi connectivity index (χ4n) is 8.88. The summed E-state index contributed by atoms with van der Waals surface area (Å²) in [4.78, 5) is 17.7. The molecular formula is C27H37N3O2. The van der Waals surface area contributed by atoms with Crippen molar-refractivity contribution in [3.05, 3.63) is 24.7 Å². The van der Waals surface area contributed by atoms with E-state index in [-0.39, 0.29) is 11.3 Å². The first-order chi connectivity index (χ1) is 15.3. The van der Waals surface area contributed by atoms with E-state index in [1.165, 1.54) is 38.5 Å². The maximum absolute atomic E-state index is 13.5. The number of nitrogens with zero attached hydrogens (tertiary/aromatic N) is 3. The molecule has 5 nitrogen and oxygen atoms in total. The molecule has 0 aliphatic heterocycles. The second-order valence-corrected chi connectivity index (χ2v) is 12.1. The lowest BCUT2D eigenvalue weighted by Crippen LogP contribution is -2.51. The summed E-state index contributed by atoms with van der Waals surface area (Å²) in [5.74, 6) is 4.36. The SMILES string of the molecule is C[C@@]1(O)CC[C@H]2C(CC[C@@H]3[C@@H]2CC[C@]2(C)[C@@H](C(=O)Cn4cc5cnccc5n4)CC[C@@H]32)C1. The van der Waals surface area contributed by atoms with Gasteiger partial charge in [-0.25, -0.2) is 0 Å². The van der Waals surface area contributed by atoms with E-state index in [9.17, 15) is 9.90 Å². The number of Topliss-reactive ketones (excluding diaryl/α,β-unsaturated/α-hetero) is 1. The minimum Gasteiger partial charge on any atom is -0.390 e. The molecule has 6 rings (SSSR count). The van der Waals surface area contributed by atoms with Crippen LogP contribution in [0.2, 0.25) is 0 Å². The third-order valence-electron chi connectivity index (χ3n) is 10.3. The van der Waals surface area contributed by atoms with Crippen LogP contribution in [0.3, 0.4) is 0 Å². The number of aromatic nitrogens is 3. The summed E-state index contributed by atoms with van der Waals surface area (Å²) in [5.41, 5.74) is 0.612. The number of aliphatic hydroxyl groups is 1. The summed E-state index contributed by atoms with van der Waals surface area (Å²) in [6.45, 7) is 4.86. The van der Waals surface area contributed by atoms with E-state index in [4.69, 9.17) is 0 Å². The zero-order chi connectivity index (χ0) is 22.1. The molecule has 1 unspecified atom stereocenters. The molecule has 1 N–H and O–H groups in total. The molecule has 0 bridgehead atoms. The Hall–Kier alpha value is -1.75. The number of fused-ring (bicyclic) bond motifs is 6. The lowest BCUT2D eigenvalue weighted by molar-refractivity contribution is -0.133. The number of hydrogen-bond donors (Lipinski definition) is 1. The molecule has 32 heavy (non-hydrogen) atoms. The average molecular weight is 436 g/mol. The van der Waals surface area contributed by atoms with E-state index in [0.717, 1.165) is 47.9 Å². The monoisotopic (exact) mass is 435 g/mol. The number of rotatable bonds is 3. The Morgan fingerprint density at radius 1 is 1.09 bits per heavy atom. The molecule has 0 radical (unpaired) electrons. The van der Waals surface area contributed by atoms with E-state index in [1.807, 2.05) is 30.1 Å². The molecule has 0 aromatic carbocycles. The molecule has 172 valence electrons. The van der Waals surface area contributed by atoms with E-state index in [1.54, 1.807) is 6.20 Å². The zero-order valence-electron chi connectivity index (χ0n) is 19.5. The smallest absolute Gasteiger partial charge is 0.157 e. The summed E-state index contributed by atoms with van der Waals surface area (Å²) in [7, 11) is 0. The predicted octanol–water partition coefficient (Wildman–Crippen LogP) is 5.02. The van der Waals surface area contributed by atoms with Crippen molar-refractivity contribution >= 4 is 16.7 Å². The Morgan fingerprint density at radius 2 is 1.94 bits per heavy atom. The Balaban J connectivity index is 1.18. The molecule has 0 amide bonds. The van der Waals surface area contributed by atoms with Gasteiger partial charge in [0, 0.05) is 29.9 Å². The topological polar surface area (TPSA) is 68.0 Å². The van der Waals surface area contributed by atoms with Gasteiger partial charge in [-0.2, -0.15) is 5.10 Å². The molecule has 2 heterocycles. The van der Waals surface area contributed by atoms with Crippen molar-refractivity contribution in [2.45, 2.75) is 83.8 Å². The van der Waals surface area contributed by atoms with Gasteiger partial charge in [0.15, 0.2) is 5.78 Å². The van der Waals surface area contributed by atoms with Crippen LogP contribution in [0.5, 0.6) is 0 Å². The molecular weight excluding hydrogens is 398 g/mol. The van der Waals surface area contributed by atoms with Crippen molar-refractivity contribution in [3.8, 4) is 0 Å². The van der Waals surface area contributed by atoms with Gasteiger partial charge in [-0.05, 0) is 106 Å². The van der Waals surface area contributed by atoms with Crippen LogP contribution < -0.4 is 0 Å². The summed E-state index contributed by atoms with van der Waals surface area (Å²) >= 11 is 0. The molecule has 4 aliphatic carbocycles. The van der Waals surface area contributed by atoms with Gasteiger partial charge in [0.2, 0.25) is 0 Å². The summed E-state index contributed by atoms with van der Waals surface area (Å²) < 4.78 is 1.83. The van der Waals surface area contributed by atoms with Crippen LogP contribution in [0.1, 0.15) is 71.6 Å². The normalized spacial score (nSPS) is 43.5. The quantitative estimate of drug-likeness (QED) is 0.735. The summed E-state index contributed by atoms with van der Waals surface area (Å²) in [6.07, 6.45) is 16.0. The Kier molecular flexibility index (Phi) is 4.80. The fraction of sp³-hybridized carbons (Fsp3) is 0.741. The number of ketones is 1. The van der Waals surface area contributed by atoms with Crippen LogP contribution in [-0.4, -0.2) is 31.3 Å². The van der Waals surface area contributed by atoms with Crippen LogP contribution in [-0.2, 0) is 11.3 Å². The molecule has 4 aliphatic rings. The van der Waals surface area contributed by atoms with E-state index < -0.39 is 5.60 Å². The van der Waals surface area contributed by atoms with Crippen LogP contribution in [0.4, 0.5) is 0 Å². The zero-order valence-corrected chi connectivity index (χ0v) is 19.5. The van der Waals surface area contributed by atoms with E-state index >= 15 is 0 Å². The Bertz CT molecular complexity index is 996. The second kappa shape index (κ2) is 7.38. The first-order valence-electron chi connectivity index (χ1n) is 12.9. The van der Waals surface area contributed by atoms with Crippen LogP contribution in [0, 0.1) is 40.9 Å². The van der Waals surface area contributed by atoms with Crippen molar-refractivity contribution in [2.75, 3.05) is 0 Å². The number of hydrogen-bond acceptors (Lipinski definition) is 4. The maximum Gasteiger partial charge on any atom is 0.157 e. The van der Waals surface area contributed by atoms with Gasteiger partial charge in [-0.1, -0.05) is 6.92 Å². The van der Waals surface area contributed by atoms with Crippen molar-refractivity contribution in [1.29, 1.82) is 0 Å². The minimum absolute atomic E-state index is 0.152. The van der Waals surface area contributed by atoms with E-state index in [0.29, 0.717) is 24.2 Å². The fourth-order valence-corrected chi connectivity index (χ4v) is 8.88. The van der Waals surface area contributed by atoms with Crippen molar-refractivity contribution in [3.63, 3.8) is 0 Å². The van der Waals surface area contributed by atoms with Gasteiger partial charge in [0.25, 0.3) is 0 Å². The lowest BCUT2D eigenvalue weighted by atomic mass is 9.49. The Morgan fingerprint density at radius 3 is 2.78 bits per heavy atom. The molecule has 0 spiro atoms. The van der Waals surface area contributed by atoms with Crippen molar-refractivity contribution in [2.24, 2.45) is 40.9 Å². The minimum atomic E-state index is -0.449. The molecule has 4 fully saturated rings. The third kappa shape index (κ3) is 3.26. The van der Waals surface area contributed by atoms with Gasteiger partial charge < -0.3 is 5.11 Å². The van der Waals surface area contributed by atoms with Crippen molar-refractivity contribution < 1.29 is 9.90 Å². The molecule has 2 aromatic heterocycles. The van der Waals surface area contributed by atoms with Gasteiger partial charge in [0.05, 0.1) is 17.7 Å². The average Bonchev–Trinajstić information content (AvgIpc) is 3.32. The first-order valence-corrected chi connectivity index (χ1v) is 12.9. The Labute approximate surface area is 191 Å². The van der Waals surface area contributed by atoms with Crippen LogP contribution in [0.25, 0.3) is 10.9 Å². The third-order valence-corrected chi connectivity index (χ3v) is 10.3. The predicted molar refractivity (Wildman–Crippen MR) is 124 cm³/mol. The highest BCUT2D eigenvalue weighted by Gasteiger charge is 2.58. The lowest BCUT2D eigenvalue weighted by Gasteiger charge is -2.56. The van der Waals surface area contributed by atoms with E-state index in [2.05, 4.69) is 17.0 Å². The molecule has 8 atom stereocenters.